The van der Waals surface area contributed by atoms with Gasteiger partial charge in [-0.15, -0.1) is 0 Å². The Bertz CT molecular complexity index is 747. The maximum Gasteiger partial charge on any atom is 0.416 e. The van der Waals surface area contributed by atoms with Crippen molar-refractivity contribution in [3.63, 3.8) is 0 Å². The van der Waals surface area contributed by atoms with Crippen molar-refractivity contribution in [2.24, 2.45) is 0 Å². The van der Waals surface area contributed by atoms with Crippen molar-refractivity contribution in [2.45, 2.75) is 18.6 Å². The van der Waals surface area contributed by atoms with Crippen molar-refractivity contribution >= 4 is 5.69 Å². The number of phenolic OH excluding ortho intramolecular Hbond substituents is 2. The molecule has 3 rings (SSSR count). The zero-order chi connectivity index (χ0) is 17.3. The molecule has 24 heavy (non-hydrogen) atoms. The predicted molar refractivity (Wildman–Crippen MR) is 84.2 cm³/mol. The number of phenols is 2. The lowest BCUT2D eigenvalue weighted by atomic mass is 9.93. The molecule has 0 bridgehead atoms. The Hall–Kier alpha value is -2.41. The molecule has 0 spiro atoms. The van der Waals surface area contributed by atoms with Gasteiger partial charge in [-0.2, -0.15) is 13.2 Å². The van der Waals surface area contributed by atoms with E-state index >= 15 is 0 Å². The Balaban J connectivity index is 1.76. The van der Waals surface area contributed by atoms with Gasteiger partial charge < -0.3 is 20.8 Å². The summed E-state index contributed by atoms with van der Waals surface area (Å²) in [5.41, 5.74) is 1.42. The summed E-state index contributed by atoms with van der Waals surface area (Å²) >= 11 is 0. The summed E-state index contributed by atoms with van der Waals surface area (Å²) in [4.78, 5) is 0. The van der Waals surface area contributed by atoms with Crippen molar-refractivity contribution in [3.05, 3.63) is 53.1 Å². The minimum atomic E-state index is -4.38. The van der Waals surface area contributed by atoms with Crippen molar-refractivity contribution in [1.82, 2.24) is 5.32 Å². The van der Waals surface area contributed by atoms with E-state index in [9.17, 15) is 23.4 Å². The highest BCUT2D eigenvalue weighted by Gasteiger charge is 2.30. The summed E-state index contributed by atoms with van der Waals surface area (Å²) in [6.45, 7) is 1.05. The van der Waals surface area contributed by atoms with E-state index in [1.165, 1.54) is 18.2 Å². The smallest absolute Gasteiger partial charge is 0.416 e. The second-order valence-electron chi connectivity index (χ2n) is 5.76. The third-order valence-electron chi connectivity index (χ3n) is 4.10. The maximum absolute atomic E-state index is 12.8. The van der Waals surface area contributed by atoms with Gasteiger partial charge in [0.05, 0.1) is 5.56 Å². The van der Waals surface area contributed by atoms with Crippen LogP contribution in [0.1, 0.15) is 22.7 Å². The second-order valence-corrected chi connectivity index (χ2v) is 5.76. The molecule has 0 saturated heterocycles. The molecule has 1 atom stereocenters. The fourth-order valence-corrected chi connectivity index (χ4v) is 2.88. The molecule has 2 aromatic carbocycles. The average Bonchev–Trinajstić information content (AvgIpc) is 2.53. The zero-order valence-electron chi connectivity index (χ0n) is 12.7. The number of nitrogens with one attached hydrogen (secondary N) is 2. The van der Waals surface area contributed by atoms with Gasteiger partial charge in [-0.1, -0.05) is 6.07 Å². The van der Waals surface area contributed by atoms with Crippen LogP contribution in [0, 0.1) is 0 Å². The highest BCUT2D eigenvalue weighted by Crippen LogP contribution is 2.34. The van der Waals surface area contributed by atoms with E-state index in [1.54, 1.807) is 6.07 Å². The third-order valence-corrected chi connectivity index (χ3v) is 4.10. The van der Waals surface area contributed by atoms with E-state index in [-0.39, 0.29) is 17.5 Å². The van der Waals surface area contributed by atoms with Gasteiger partial charge in [0.15, 0.2) is 11.5 Å². The molecule has 1 heterocycles. The lowest BCUT2D eigenvalue weighted by Crippen LogP contribution is -2.34. The number of fused-ring (bicyclic) bond motifs is 1. The molecule has 128 valence electrons. The molecule has 1 aliphatic rings. The van der Waals surface area contributed by atoms with E-state index in [2.05, 4.69) is 10.6 Å². The monoisotopic (exact) mass is 338 g/mol. The molecule has 0 radical (unpaired) electrons. The Morgan fingerprint density at radius 1 is 1.12 bits per heavy atom. The van der Waals surface area contributed by atoms with E-state index in [0.717, 1.165) is 23.3 Å². The largest absolute Gasteiger partial charge is 0.504 e. The van der Waals surface area contributed by atoms with Crippen molar-refractivity contribution < 1.29 is 23.4 Å². The quantitative estimate of drug-likeness (QED) is 0.648. The third kappa shape index (κ3) is 3.41. The molecule has 4 nitrogen and oxygen atoms in total. The Morgan fingerprint density at radius 3 is 2.62 bits per heavy atom. The molecule has 0 aromatic heterocycles. The molecular formula is C17H17F3N2O2. The van der Waals surface area contributed by atoms with Crippen LogP contribution < -0.4 is 10.6 Å². The van der Waals surface area contributed by atoms with Gasteiger partial charge in [0.1, 0.15) is 0 Å². The summed E-state index contributed by atoms with van der Waals surface area (Å²) < 4.78 is 38.3. The highest BCUT2D eigenvalue weighted by molar-refractivity contribution is 5.50. The van der Waals surface area contributed by atoms with Crippen LogP contribution in [0.15, 0.2) is 36.4 Å². The van der Waals surface area contributed by atoms with Crippen LogP contribution in [0.2, 0.25) is 0 Å². The van der Waals surface area contributed by atoms with Crippen LogP contribution in [0.25, 0.3) is 0 Å². The van der Waals surface area contributed by atoms with E-state index < -0.39 is 11.7 Å². The number of benzene rings is 2. The number of anilines is 1. The molecule has 4 N–H and O–H groups in total. The number of alkyl halides is 3. The summed E-state index contributed by atoms with van der Waals surface area (Å²) in [6, 6.07) is 7.88. The Morgan fingerprint density at radius 2 is 1.88 bits per heavy atom. The van der Waals surface area contributed by atoms with Gasteiger partial charge in [-0.05, 0) is 54.4 Å². The standard InChI is InChI=1S/C17H17F3N2O2/c18-17(19,20)11-2-1-3-12(7-11)22-9-14-13-8-16(24)15(23)6-10(13)4-5-21-14/h1-3,6-8,14,21-24H,4-5,9H2. The number of aromatic hydroxyl groups is 2. The van der Waals surface area contributed by atoms with E-state index in [1.807, 2.05) is 0 Å². The second kappa shape index (κ2) is 6.24. The van der Waals surface area contributed by atoms with Crippen molar-refractivity contribution in [3.8, 4) is 11.5 Å². The minimum absolute atomic E-state index is 0.166. The summed E-state index contributed by atoms with van der Waals surface area (Å²) in [5.74, 6) is -0.373. The van der Waals surface area contributed by atoms with Crippen molar-refractivity contribution in [1.29, 1.82) is 0 Å². The minimum Gasteiger partial charge on any atom is -0.504 e. The molecular weight excluding hydrogens is 321 g/mol. The fourth-order valence-electron chi connectivity index (χ4n) is 2.88. The number of rotatable bonds is 3. The summed E-state index contributed by atoms with van der Waals surface area (Å²) in [6.07, 6.45) is -3.67. The summed E-state index contributed by atoms with van der Waals surface area (Å²) in [7, 11) is 0. The molecule has 1 aliphatic heterocycles. The molecule has 2 aromatic rings. The first kappa shape index (κ1) is 16.4. The van der Waals surface area contributed by atoms with Gasteiger partial charge in [0, 0.05) is 18.3 Å². The number of halogens is 3. The highest BCUT2D eigenvalue weighted by atomic mass is 19.4. The van der Waals surface area contributed by atoms with Gasteiger partial charge in [0.2, 0.25) is 0 Å². The first-order valence-corrected chi connectivity index (χ1v) is 7.54. The normalized spacial score (nSPS) is 17.4. The zero-order valence-corrected chi connectivity index (χ0v) is 12.7. The molecule has 0 fully saturated rings. The number of hydrogen-bond donors (Lipinski definition) is 4. The predicted octanol–water partition coefficient (Wildman–Crippen LogP) is 3.42. The molecule has 7 heteroatoms. The molecule has 0 amide bonds. The van der Waals surface area contributed by atoms with E-state index in [4.69, 9.17) is 0 Å². The molecule has 1 unspecified atom stereocenters. The fraction of sp³-hybridized carbons (Fsp3) is 0.294. The van der Waals surface area contributed by atoms with Gasteiger partial charge in [0.25, 0.3) is 0 Å². The lowest BCUT2D eigenvalue weighted by Gasteiger charge is -2.28. The van der Waals surface area contributed by atoms with Crippen LogP contribution >= 0.6 is 0 Å². The van der Waals surface area contributed by atoms with Crippen LogP contribution in [0.4, 0.5) is 18.9 Å². The van der Waals surface area contributed by atoms with Crippen LogP contribution in [-0.4, -0.2) is 23.3 Å². The average molecular weight is 338 g/mol. The first-order valence-electron chi connectivity index (χ1n) is 7.54. The topological polar surface area (TPSA) is 64.5 Å². The Labute approximate surface area is 136 Å². The van der Waals surface area contributed by atoms with Crippen molar-refractivity contribution in [2.75, 3.05) is 18.4 Å². The lowest BCUT2D eigenvalue weighted by molar-refractivity contribution is -0.137. The van der Waals surface area contributed by atoms with Crippen LogP contribution in [0.5, 0.6) is 11.5 Å². The maximum atomic E-state index is 12.8. The summed E-state index contributed by atoms with van der Waals surface area (Å²) in [5, 5.41) is 25.5. The molecule has 0 aliphatic carbocycles. The SMILES string of the molecule is Oc1cc2c(cc1O)C(CNc1cccc(C(F)(F)F)c1)NCC2. The number of hydrogen-bond acceptors (Lipinski definition) is 4. The Kier molecular flexibility index (Phi) is 4.28. The van der Waals surface area contributed by atoms with Gasteiger partial charge in [-0.3, -0.25) is 0 Å². The first-order chi connectivity index (χ1) is 11.3. The van der Waals surface area contributed by atoms with Crippen LogP contribution in [-0.2, 0) is 12.6 Å². The van der Waals surface area contributed by atoms with Crippen LogP contribution in [0.3, 0.4) is 0 Å². The van der Waals surface area contributed by atoms with Gasteiger partial charge in [-0.25, -0.2) is 0 Å². The molecule has 0 saturated carbocycles. The van der Waals surface area contributed by atoms with E-state index in [0.29, 0.717) is 25.2 Å². The van der Waals surface area contributed by atoms with Gasteiger partial charge >= 0.3 is 6.18 Å².